The SMILES string of the molecule is CCC1CCC1Nc1ccc(F)cc1. The van der Waals surface area contributed by atoms with Crippen molar-refractivity contribution in [3.05, 3.63) is 30.1 Å². The molecule has 0 amide bonds. The monoisotopic (exact) mass is 193 g/mol. The molecule has 2 heteroatoms. The predicted octanol–water partition coefficient (Wildman–Crippen LogP) is 3.43. The van der Waals surface area contributed by atoms with E-state index in [0.29, 0.717) is 6.04 Å². The number of hydrogen-bond donors (Lipinski definition) is 1. The van der Waals surface area contributed by atoms with Crippen molar-refractivity contribution in [1.82, 2.24) is 0 Å². The van der Waals surface area contributed by atoms with Crippen molar-refractivity contribution in [1.29, 1.82) is 0 Å². The molecule has 2 rings (SSSR count). The first-order valence-corrected chi connectivity index (χ1v) is 5.31. The fourth-order valence-electron chi connectivity index (χ4n) is 2.01. The minimum atomic E-state index is -0.170. The second kappa shape index (κ2) is 3.99. The molecular formula is C12H16FN. The Bertz CT molecular complexity index is 292. The van der Waals surface area contributed by atoms with Crippen LogP contribution in [0.4, 0.5) is 10.1 Å². The van der Waals surface area contributed by atoms with Crippen molar-refractivity contribution in [2.75, 3.05) is 5.32 Å². The average molecular weight is 193 g/mol. The molecule has 0 radical (unpaired) electrons. The Hall–Kier alpha value is -1.05. The van der Waals surface area contributed by atoms with E-state index in [-0.39, 0.29) is 5.82 Å². The van der Waals surface area contributed by atoms with Crippen LogP contribution in [0.3, 0.4) is 0 Å². The Labute approximate surface area is 84.3 Å². The van der Waals surface area contributed by atoms with Crippen molar-refractivity contribution in [3.8, 4) is 0 Å². The van der Waals surface area contributed by atoms with Crippen LogP contribution in [-0.2, 0) is 0 Å². The Balaban J connectivity index is 1.94. The van der Waals surface area contributed by atoms with Gasteiger partial charge >= 0.3 is 0 Å². The number of hydrogen-bond acceptors (Lipinski definition) is 1. The predicted molar refractivity (Wildman–Crippen MR) is 56.8 cm³/mol. The maximum atomic E-state index is 12.6. The van der Waals surface area contributed by atoms with Gasteiger partial charge in [0, 0.05) is 11.7 Å². The zero-order valence-corrected chi connectivity index (χ0v) is 8.46. The second-order valence-corrected chi connectivity index (χ2v) is 4.00. The molecule has 1 aliphatic carbocycles. The van der Waals surface area contributed by atoms with E-state index in [9.17, 15) is 4.39 Å². The molecule has 76 valence electrons. The molecule has 1 saturated carbocycles. The molecule has 0 spiro atoms. The van der Waals surface area contributed by atoms with Crippen LogP contribution in [0.1, 0.15) is 26.2 Å². The van der Waals surface area contributed by atoms with Crippen LogP contribution in [0.2, 0.25) is 0 Å². The Morgan fingerprint density at radius 2 is 2.00 bits per heavy atom. The number of rotatable bonds is 3. The van der Waals surface area contributed by atoms with Crippen LogP contribution in [0, 0.1) is 11.7 Å². The first-order valence-electron chi connectivity index (χ1n) is 5.31. The lowest BCUT2D eigenvalue weighted by molar-refractivity contribution is 0.269. The summed E-state index contributed by atoms with van der Waals surface area (Å²) in [6.07, 6.45) is 3.81. The summed E-state index contributed by atoms with van der Waals surface area (Å²) in [7, 11) is 0. The second-order valence-electron chi connectivity index (χ2n) is 4.00. The number of halogens is 1. The quantitative estimate of drug-likeness (QED) is 0.775. The highest BCUT2D eigenvalue weighted by atomic mass is 19.1. The summed E-state index contributed by atoms with van der Waals surface area (Å²) in [6, 6.07) is 7.22. The van der Waals surface area contributed by atoms with Crippen molar-refractivity contribution >= 4 is 5.69 Å². The summed E-state index contributed by atoms with van der Waals surface area (Å²) < 4.78 is 12.6. The van der Waals surface area contributed by atoms with Crippen LogP contribution in [-0.4, -0.2) is 6.04 Å². The van der Waals surface area contributed by atoms with E-state index >= 15 is 0 Å². The zero-order valence-electron chi connectivity index (χ0n) is 8.46. The number of nitrogens with one attached hydrogen (secondary N) is 1. The summed E-state index contributed by atoms with van der Waals surface area (Å²) in [5, 5.41) is 3.44. The minimum Gasteiger partial charge on any atom is -0.382 e. The van der Waals surface area contributed by atoms with E-state index in [1.165, 1.54) is 31.4 Å². The van der Waals surface area contributed by atoms with Gasteiger partial charge in [0.2, 0.25) is 0 Å². The standard InChI is InChI=1S/C12H16FN/c1-2-9-3-8-12(9)14-11-6-4-10(13)5-7-11/h4-7,9,12,14H,2-3,8H2,1H3. The molecule has 2 unspecified atom stereocenters. The maximum Gasteiger partial charge on any atom is 0.123 e. The average Bonchev–Trinajstić information content (AvgIpc) is 2.16. The van der Waals surface area contributed by atoms with Gasteiger partial charge in [-0.05, 0) is 43.0 Å². The highest BCUT2D eigenvalue weighted by molar-refractivity contribution is 5.44. The summed E-state index contributed by atoms with van der Waals surface area (Å²) in [4.78, 5) is 0. The first kappa shape index (κ1) is 9.50. The van der Waals surface area contributed by atoms with Gasteiger partial charge in [-0.15, -0.1) is 0 Å². The van der Waals surface area contributed by atoms with Crippen LogP contribution in [0.5, 0.6) is 0 Å². The molecule has 1 N–H and O–H groups in total. The van der Waals surface area contributed by atoms with Crippen molar-refractivity contribution < 1.29 is 4.39 Å². The molecule has 2 atom stereocenters. The highest BCUT2D eigenvalue weighted by Crippen LogP contribution is 2.32. The molecule has 0 aromatic heterocycles. The van der Waals surface area contributed by atoms with Crippen LogP contribution >= 0.6 is 0 Å². The normalized spacial score (nSPS) is 25.6. The van der Waals surface area contributed by atoms with Gasteiger partial charge in [-0.3, -0.25) is 0 Å². The summed E-state index contributed by atoms with van der Waals surface area (Å²) in [6.45, 7) is 2.23. The van der Waals surface area contributed by atoms with E-state index in [1.54, 1.807) is 12.1 Å². The molecule has 0 aliphatic heterocycles. The summed E-state index contributed by atoms with van der Waals surface area (Å²) in [5.74, 6) is 0.635. The Morgan fingerprint density at radius 1 is 1.29 bits per heavy atom. The fourth-order valence-corrected chi connectivity index (χ4v) is 2.01. The van der Waals surface area contributed by atoms with Crippen LogP contribution < -0.4 is 5.32 Å². The molecule has 0 saturated heterocycles. The molecule has 1 nitrogen and oxygen atoms in total. The zero-order chi connectivity index (χ0) is 9.97. The van der Waals surface area contributed by atoms with E-state index in [1.807, 2.05) is 0 Å². The third-order valence-electron chi connectivity index (χ3n) is 3.14. The summed E-state index contributed by atoms with van der Waals surface area (Å²) in [5.41, 5.74) is 1.04. The molecule has 0 bridgehead atoms. The Morgan fingerprint density at radius 3 is 2.50 bits per heavy atom. The van der Waals surface area contributed by atoms with E-state index in [4.69, 9.17) is 0 Å². The molecule has 0 heterocycles. The van der Waals surface area contributed by atoms with E-state index < -0.39 is 0 Å². The van der Waals surface area contributed by atoms with Gasteiger partial charge < -0.3 is 5.32 Å². The van der Waals surface area contributed by atoms with Gasteiger partial charge in [0.1, 0.15) is 5.82 Å². The van der Waals surface area contributed by atoms with Crippen molar-refractivity contribution in [3.63, 3.8) is 0 Å². The molecular weight excluding hydrogens is 177 g/mol. The molecule has 14 heavy (non-hydrogen) atoms. The van der Waals surface area contributed by atoms with Gasteiger partial charge in [-0.2, -0.15) is 0 Å². The number of benzene rings is 1. The third kappa shape index (κ3) is 1.89. The van der Waals surface area contributed by atoms with Gasteiger partial charge in [0.05, 0.1) is 0 Å². The third-order valence-corrected chi connectivity index (χ3v) is 3.14. The lowest BCUT2D eigenvalue weighted by Crippen LogP contribution is -2.37. The topological polar surface area (TPSA) is 12.0 Å². The lowest BCUT2D eigenvalue weighted by Gasteiger charge is -2.37. The Kier molecular flexibility index (Phi) is 2.71. The highest BCUT2D eigenvalue weighted by Gasteiger charge is 2.28. The fraction of sp³-hybridized carbons (Fsp3) is 0.500. The number of anilines is 1. The summed E-state index contributed by atoms with van der Waals surface area (Å²) >= 11 is 0. The minimum absolute atomic E-state index is 0.170. The molecule has 1 aromatic carbocycles. The van der Waals surface area contributed by atoms with Crippen molar-refractivity contribution in [2.24, 2.45) is 5.92 Å². The maximum absolute atomic E-state index is 12.6. The van der Waals surface area contributed by atoms with Gasteiger partial charge in [0.25, 0.3) is 0 Å². The lowest BCUT2D eigenvalue weighted by atomic mass is 9.78. The van der Waals surface area contributed by atoms with E-state index in [0.717, 1.165) is 11.6 Å². The van der Waals surface area contributed by atoms with Gasteiger partial charge in [0.15, 0.2) is 0 Å². The van der Waals surface area contributed by atoms with E-state index in [2.05, 4.69) is 12.2 Å². The van der Waals surface area contributed by atoms with Crippen LogP contribution in [0.15, 0.2) is 24.3 Å². The largest absolute Gasteiger partial charge is 0.382 e. The first-order chi connectivity index (χ1) is 6.79. The van der Waals surface area contributed by atoms with Crippen molar-refractivity contribution in [2.45, 2.75) is 32.2 Å². The van der Waals surface area contributed by atoms with Crippen LogP contribution in [0.25, 0.3) is 0 Å². The molecule has 1 fully saturated rings. The van der Waals surface area contributed by atoms with Gasteiger partial charge in [-0.1, -0.05) is 13.3 Å². The molecule has 1 aliphatic rings. The van der Waals surface area contributed by atoms with Gasteiger partial charge in [-0.25, -0.2) is 4.39 Å². The smallest absolute Gasteiger partial charge is 0.123 e. The molecule has 1 aromatic rings.